The summed E-state index contributed by atoms with van der Waals surface area (Å²) in [7, 11) is 0. The van der Waals surface area contributed by atoms with Gasteiger partial charge in [-0.2, -0.15) is 5.10 Å². The fraction of sp³-hybridized carbons (Fsp3) is 0.600. The number of nitrogens with zero attached hydrogens (tertiary/aromatic N) is 2. The molecule has 0 unspecified atom stereocenters. The zero-order chi connectivity index (χ0) is 11.6. The van der Waals surface area contributed by atoms with Gasteiger partial charge in [-0.1, -0.05) is 20.8 Å². The lowest BCUT2D eigenvalue weighted by atomic mass is 9.97. The average Bonchev–Trinajstić information content (AvgIpc) is 2.32. The molecule has 0 bridgehead atoms. The van der Waals surface area contributed by atoms with Crippen molar-refractivity contribution in [2.45, 2.75) is 33.7 Å². The molecule has 84 valence electrons. The van der Waals surface area contributed by atoms with Crippen molar-refractivity contribution in [3.63, 3.8) is 0 Å². The number of carboxylic acid groups (broad SMARTS) is 1. The second kappa shape index (κ2) is 3.92. The van der Waals surface area contributed by atoms with Crippen LogP contribution in [-0.4, -0.2) is 20.9 Å². The highest BCUT2D eigenvalue weighted by Crippen LogP contribution is 2.20. The third-order valence-electron chi connectivity index (χ3n) is 1.93. The Hall–Kier alpha value is -1.52. The van der Waals surface area contributed by atoms with Gasteiger partial charge >= 0.3 is 5.97 Å². The first-order chi connectivity index (χ1) is 6.79. The monoisotopic (exact) mass is 211 g/mol. The van der Waals surface area contributed by atoms with E-state index in [2.05, 4.69) is 25.9 Å². The summed E-state index contributed by atoms with van der Waals surface area (Å²) in [5.41, 5.74) is 6.44. The largest absolute Gasteiger partial charge is 0.481 e. The minimum Gasteiger partial charge on any atom is -0.481 e. The van der Waals surface area contributed by atoms with Crippen molar-refractivity contribution in [2.75, 3.05) is 5.73 Å². The molecule has 0 aromatic carbocycles. The Morgan fingerprint density at radius 2 is 2.20 bits per heavy atom. The van der Waals surface area contributed by atoms with Crippen molar-refractivity contribution in [2.24, 2.45) is 5.41 Å². The Labute approximate surface area is 88.9 Å². The van der Waals surface area contributed by atoms with Gasteiger partial charge in [-0.25, -0.2) is 4.68 Å². The molecule has 0 radical (unpaired) electrons. The number of hydrogen-bond acceptors (Lipinski definition) is 3. The molecule has 0 aliphatic heterocycles. The first-order valence-electron chi connectivity index (χ1n) is 4.81. The summed E-state index contributed by atoms with van der Waals surface area (Å²) in [6.45, 7) is 6.90. The molecule has 0 saturated heterocycles. The molecule has 5 heteroatoms. The Morgan fingerprint density at radius 1 is 1.60 bits per heavy atom. The van der Waals surface area contributed by atoms with Gasteiger partial charge in [-0.15, -0.1) is 0 Å². The Bertz CT molecular complexity index is 363. The second-order valence-electron chi connectivity index (χ2n) is 4.84. The van der Waals surface area contributed by atoms with Gasteiger partial charge in [0.05, 0.1) is 12.6 Å². The Kier molecular flexibility index (Phi) is 3.02. The summed E-state index contributed by atoms with van der Waals surface area (Å²) in [6, 6.07) is 0. The molecule has 0 aliphatic rings. The van der Waals surface area contributed by atoms with Crippen molar-refractivity contribution >= 4 is 11.8 Å². The summed E-state index contributed by atoms with van der Waals surface area (Å²) < 4.78 is 1.65. The van der Waals surface area contributed by atoms with Crippen LogP contribution >= 0.6 is 0 Å². The van der Waals surface area contributed by atoms with Gasteiger partial charge in [-0.3, -0.25) is 4.79 Å². The van der Waals surface area contributed by atoms with Crippen LogP contribution < -0.4 is 5.73 Å². The molecule has 0 fully saturated rings. The molecule has 0 aliphatic carbocycles. The summed E-state index contributed by atoms with van der Waals surface area (Å²) >= 11 is 0. The average molecular weight is 211 g/mol. The molecule has 5 nitrogen and oxygen atoms in total. The molecule has 1 aromatic rings. The third-order valence-corrected chi connectivity index (χ3v) is 1.93. The van der Waals surface area contributed by atoms with Crippen LogP contribution in [0.1, 0.15) is 26.3 Å². The number of aromatic nitrogens is 2. The summed E-state index contributed by atoms with van der Waals surface area (Å²) in [4.78, 5) is 10.5. The van der Waals surface area contributed by atoms with Gasteiger partial charge in [-0.05, 0) is 5.41 Å². The van der Waals surface area contributed by atoms with Crippen LogP contribution in [0.4, 0.5) is 5.82 Å². The lowest BCUT2D eigenvalue weighted by Crippen LogP contribution is -2.18. The second-order valence-corrected chi connectivity index (χ2v) is 4.84. The Morgan fingerprint density at radius 3 is 2.67 bits per heavy atom. The van der Waals surface area contributed by atoms with Crippen molar-refractivity contribution in [3.05, 3.63) is 11.8 Å². The molecule has 1 rings (SSSR count). The van der Waals surface area contributed by atoms with Gasteiger partial charge in [0.15, 0.2) is 0 Å². The predicted octanol–water partition coefficient (Wildman–Crippen LogP) is 1.14. The van der Waals surface area contributed by atoms with Crippen LogP contribution in [0.3, 0.4) is 0 Å². The van der Waals surface area contributed by atoms with Gasteiger partial charge in [0.25, 0.3) is 0 Å². The van der Waals surface area contributed by atoms with E-state index >= 15 is 0 Å². The number of anilines is 1. The van der Waals surface area contributed by atoms with E-state index < -0.39 is 5.97 Å². The number of carboxylic acids is 1. The zero-order valence-corrected chi connectivity index (χ0v) is 9.32. The molecule has 0 saturated carbocycles. The number of nitrogens with two attached hydrogens (primary N) is 1. The predicted molar refractivity (Wildman–Crippen MR) is 57.4 cm³/mol. The number of hydrogen-bond donors (Lipinski definition) is 2. The van der Waals surface area contributed by atoms with E-state index in [0.29, 0.717) is 17.9 Å². The maximum absolute atomic E-state index is 10.5. The highest BCUT2D eigenvalue weighted by molar-refractivity contribution is 5.72. The molecule has 3 N–H and O–H groups in total. The number of carbonyl (C=O) groups is 1. The summed E-state index contributed by atoms with van der Waals surface area (Å²) in [5.74, 6) is -0.440. The third kappa shape index (κ3) is 3.27. The highest BCUT2D eigenvalue weighted by atomic mass is 16.4. The smallest absolute Gasteiger partial charge is 0.308 e. The van der Waals surface area contributed by atoms with Crippen LogP contribution in [0, 0.1) is 5.41 Å². The first-order valence-corrected chi connectivity index (χ1v) is 4.81. The standard InChI is InChI=1S/C10H17N3O2/c1-10(2,3)6-13-9(11)7(5-12-13)4-8(14)15/h5H,4,6,11H2,1-3H3,(H,14,15). The van der Waals surface area contributed by atoms with Crippen molar-refractivity contribution in [3.8, 4) is 0 Å². The SMILES string of the molecule is CC(C)(C)Cn1ncc(CC(=O)O)c1N. The molecule has 15 heavy (non-hydrogen) atoms. The van der Waals surface area contributed by atoms with E-state index in [1.807, 2.05) is 0 Å². The maximum Gasteiger partial charge on any atom is 0.308 e. The zero-order valence-electron chi connectivity index (χ0n) is 9.32. The van der Waals surface area contributed by atoms with Crippen LogP contribution in [0.5, 0.6) is 0 Å². The van der Waals surface area contributed by atoms with Crippen LogP contribution in [-0.2, 0) is 17.8 Å². The highest BCUT2D eigenvalue weighted by Gasteiger charge is 2.16. The number of nitrogen functional groups attached to an aromatic ring is 1. The minimum atomic E-state index is -0.892. The van der Waals surface area contributed by atoms with Crippen molar-refractivity contribution in [1.82, 2.24) is 9.78 Å². The van der Waals surface area contributed by atoms with E-state index in [0.717, 1.165) is 0 Å². The molecule has 0 spiro atoms. The number of aliphatic carboxylic acids is 1. The van der Waals surface area contributed by atoms with Crippen LogP contribution in [0.2, 0.25) is 0 Å². The minimum absolute atomic E-state index is 0.0701. The first kappa shape index (κ1) is 11.6. The van der Waals surface area contributed by atoms with Gasteiger partial charge in [0.1, 0.15) is 5.82 Å². The van der Waals surface area contributed by atoms with E-state index in [4.69, 9.17) is 10.8 Å². The summed E-state index contributed by atoms with van der Waals surface area (Å²) in [6.07, 6.45) is 1.45. The fourth-order valence-electron chi connectivity index (χ4n) is 1.31. The van der Waals surface area contributed by atoms with E-state index in [9.17, 15) is 4.79 Å². The van der Waals surface area contributed by atoms with Crippen LogP contribution in [0.15, 0.2) is 6.20 Å². The van der Waals surface area contributed by atoms with Gasteiger partial charge in [0, 0.05) is 12.1 Å². The summed E-state index contributed by atoms with van der Waals surface area (Å²) in [5, 5.41) is 12.7. The van der Waals surface area contributed by atoms with E-state index in [1.165, 1.54) is 6.20 Å². The van der Waals surface area contributed by atoms with Crippen LogP contribution in [0.25, 0.3) is 0 Å². The van der Waals surface area contributed by atoms with Crippen molar-refractivity contribution in [1.29, 1.82) is 0 Å². The molecule has 0 amide bonds. The van der Waals surface area contributed by atoms with E-state index in [-0.39, 0.29) is 11.8 Å². The van der Waals surface area contributed by atoms with E-state index in [1.54, 1.807) is 4.68 Å². The lowest BCUT2D eigenvalue weighted by Gasteiger charge is -2.18. The Balaban J connectivity index is 2.84. The van der Waals surface area contributed by atoms with Gasteiger partial charge in [0.2, 0.25) is 0 Å². The molecule has 1 heterocycles. The lowest BCUT2D eigenvalue weighted by molar-refractivity contribution is -0.136. The maximum atomic E-state index is 10.5. The quantitative estimate of drug-likeness (QED) is 0.785. The molecule has 0 atom stereocenters. The number of rotatable bonds is 3. The normalized spacial score (nSPS) is 11.7. The molecule has 1 aromatic heterocycles. The van der Waals surface area contributed by atoms with Crippen molar-refractivity contribution < 1.29 is 9.90 Å². The molecular weight excluding hydrogens is 194 g/mol. The molecular formula is C10H17N3O2. The fourth-order valence-corrected chi connectivity index (χ4v) is 1.31. The topological polar surface area (TPSA) is 81.1 Å². The van der Waals surface area contributed by atoms with Gasteiger partial charge < -0.3 is 10.8 Å².